The summed E-state index contributed by atoms with van der Waals surface area (Å²) in [4.78, 5) is 0. The number of rotatable bonds is 5. The minimum Gasteiger partial charge on any atom is -0.380 e. The van der Waals surface area contributed by atoms with Gasteiger partial charge in [0.15, 0.2) is 0 Å². The van der Waals surface area contributed by atoms with Gasteiger partial charge in [0.05, 0.1) is 6.61 Å². The van der Waals surface area contributed by atoms with E-state index in [0.29, 0.717) is 13.2 Å². The molecule has 1 rings (SSSR count). The molecule has 14 heavy (non-hydrogen) atoms. The van der Waals surface area contributed by atoms with Crippen molar-refractivity contribution in [2.24, 2.45) is 5.73 Å². The number of methoxy groups -OCH3 is 1. The number of benzene rings is 1. The lowest BCUT2D eigenvalue weighted by Gasteiger charge is -2.05. The second-order valence-corrected chi connectivity index (χ2v) is 3.27. The lowest BCUT2D eigenvalue weighted by atomic mass is 10.0. The molecule has 2 N–H and O–H groups in total. The normalized spacial score (nSPS) is 10.1. The molecular weight excluding hydrogens is 174 g/mol. The zero-order chi connectivity index (χ0) is 10.4. The molecule has 2 heteroatoms. The molecule has 0 radical (unpaired) electrons. The molecule has 0 saturated heterocycles. The molecule has 0 aliphatic rings. The molecule has 76 valence electrons. The predicted molar refractivity (Wildman–Crippen MR) is 59.9 cm³/mol. The second-order valence-electron chi connectivity index (χ2n) is 3.27. The first-order chi connectivity index (χ1) is 6.77. The number of hydrogen-bond acceptors (Lipinski definition) is 2. The molecule has 0 unspecified atom stereocenters. The molecule has 0 atom stereocenters. The van der Waals surface area contributed by atoms with Gasteiger partial charge in [0, 0.05) is 7.11 Å². The van der Waals surface area contributed by atoms with Crippen LogP contribution in [0.5, 0.6) is 0 Å². The maximum atomic E-state index is 5.46. The van der Waals surface area contributed by atoms with Gasteiger partial charge < -0.3 is 10.5 Å². The summed E-state index contributed by atoms with van der Waals surface area (Å²) < 4.78 is 5.03. The fourth-order valence-electron chi connectivity index (χ4n) is 1.32. The van der Waals surface area contributed by atoms with Crippen LogP contribution in [0.25, 0.3) is 5.57 Å². The van der Waals surface area contributed by atoms with Crippen LogP contribution in [0.1, 0.15) is 17.5 Å². The Morgan fingerprint density at radius 2 is 2.00 bits per heavy atom. The van der Waals surface area contributed by atoms with Crippen molar-refractivity contribution in [1.29, 1.82) is 0 Å². The van der Waals surface area contributed by atoms with Crippen molar-refractivity contribution in [2.45, 2.75) is 13.0 Å². The highest BCUT2D eigenvalue weighted by atomic mass is 16.5. The van der Waals surface area contributed by atoms with E-state index in [1.54, 1.807) is 7.11 Å². The Hall–Kier alpha value is -1.12. The average Bonchev–Trinajstić information content (AvgIpc) is 2.20. The van der Waals surface area contributed by atoms with E-state index in [1.807, 2.05) is 0 Å². The van der Waals surface area contributed by atoms with Gasteiger partial charge in [-0.25, -0.2) is 0 Å². The summed E-state index contributed by atoms with van der Waals surface area (Å²) in [5.41, 5.74) is 8.90. The predicted octanol–water partition coefficient (Wildman–Crippen LogP) is 2.20. The lowest BCUT2D eigenvalue weighted by molar-refractivity contribution is 0.185. The molecular formula is C12H17NO. The quantitative estimate of drug-likeness (QED) is 0.774. The van der Waals surface area contributed by atoms with Crippen LogP contribution < -0.4 is 5.73 Å². The molecule has 0 fully saturated rings. The van der Waals surface area contributed by atoms with E-state index in [0.717, 1.165) is 17.6 Å². The highest BCUT2D eigenvalue weighted by Gasteiger charge is 1.98. The van der Waals surface area contributed by atoms with Gasteiger partial charge in [-0.05, 0) is 29.7 Å². The van der Waals surface area contributed by atoms with Crippen molar-refractivity contribution in [3.05, 3.63) is 42.0 Å². The Morgan fingerprint density at radius 3 is 2.50 bits per heavy atom. The van der Waals surface area contributed by atoms with Gasteiger partial charge in [-0.2, -0.15) is 0 Å². The van der Waals surface area contributed by atoms with Crippen LogP contribution in [-0.4, -0.2) is 13.7 Å². The molecule has 1 aromatic carbocycles. The molecule has 0 aromatic heterocycles. The molecule has 0 aliphatic carbocycles. The fourth-order valence-corrected chi connectivity index (χ4v) is 1.32. The van der Waals surface area contributed by atoms with E-state index >= 15 is 0 Å². The SMILES string of the molecule is C=C(CCN)c1ccc(COC)cc1. The fraction of sp³-hybridized carbons (Fsp3) is 0.333. The maximum absolute atomic E-state index is 5.46. The topological polar surface area (TPSA) is 35.2 Å². The Labute approximate surface area is 85.4 Å². The third kappa shape index (κ3) is 2.98. The largest absolute Gasteiger partial charge is 0.380 e. The minimum atomic E-state index is 0.651. The summed E-state index contributed by atoms with van der Waals surface area (Å²) in [6, 6.07) is 8.24. The summed E-state index contributed by atoms with van der Waals surface area (Å²) in [5.74, 6) is 0. The van der Waals surface area contributed by atoms with Gasteiger partial charge in [0.2, 0.25) is 0 Å². The monoisotopic (exact) mass is 191 g/mol. The van der Waals surface area contributed by atoms with Crippen molar-refractivity contribution < 1.29 is 4.74 Å². The first-order valence-corrected chi connectivity index (χ1v) is 4.74. The van der Waals surface area contributed by atoms with Crippen LogP contribution in [0, 0.1) is 0 Å². The third-order valence-corrected chi connectivity index (χ3v) is 2.12. The van der Waals surface area contributed by atoms with Gasteiger partial charge >= 0.3 is 0 Å². The standard InChI is InChI=1S/C12H17NO/c1-10(7-8-13)12-5-3-11(4-6-12)9-14-2/h3-6H,1,7-9,13H2,2H3. The van der Waals surface area contributed by atoms with Crippen LogP contribution in [0.4, 0.5) is 0 Å². The van der Waals surface area contributed by atoms with Crippen molar-refractivity contribution in [2.75, 3.05) is 13.7 Å². The molecule has 0 spiro atoms. The van der Waals surface area contributed by atoms with Gasteiger partial charge in [-0.1, -0.05) is 30.8 Å². The summed E-state index contributed by atoms with van der Waals surface area (Å²) in [7, 11) is 1.70. The first-order valence-electron chi connectivity index (χ1n) is 4.74. The first kappa shape index (κ1) is 11.0. The van der Waals surface area contributed by atoms with Crippen LogP contribution in [-0.2, 0) is 11.3 Å². The van der Waals surface area contributed by atoms with E-state index < -0.39 is 0 Å². The van der Waals surface area contributed by atoms with Crippen molar-refractivity contribution in [3.8, 4) is 0 Å². The number of hydrogen-bond donors (Lipinski definition) is 1. The highest BCUT2D eigenvalue weighted by Crippen LogP contribution is 2.16. The van der Waals surface area contributed by atoms with Crippen molar-refractivity contribution in [1.82, 2.24) is 0 Å². The molecule has 0 heterocycles. The zero-order valence-corrected chi connectivity index (χ0v) is 8.62. The minimum absolute atomic E-state index is 0.651. The molecule has 2 nitrogen and oxygen atoms in total. The van der Waals surface area contributed by atoms with E-state index in [2.05, 4.69) is 30.8 Å². The molecule has 0 amide bonds. The van der Waals surface area contributed by atoms with Crippen LogP contribution in [0.15, 0.2) is 30.8 Å². The lowest BCUT2D eigenvalue weighted by Crippen LogP contribution is -1.99. The van der Waals surface area contributed by atoms with Crippen LogP contribution >= 0.6 is 0 Å². The van der Waals surface area contributed by atoms with Crippen LogP contribution in [0.2, 0.25) is 0 Å². The smallest absolute Gasteiger partial charge is 0.0713 e. The van der Waals surface area contributed by atoms with Gasteiger partial charge in [-0.3, -0.25) is 0 Å². The Kier molecular flexibility index (Phi) is 4.36. The van der Waals surface area contributed by atoms with Gasteiger partial charge in [0.25, 0.3) is 0 Å². The molecule has 0 bridgehead atoms. The van der Waals surface area contributed by atoms with Crippen molar-refractivity contribution >= 4 is 5.57 Å². The second kappa shape index (κ2) is 5.58. The van der Waals surface area contributed by atoms with E-state index in [4.69, 9.17) is 10.5 Å². The summed E-state index contributed by atoms with van der Waals surface area (Å²) in [5, 5.41) is 0. The van der Waals surface area contributed by atoms with E-state index in [1.165, 1.54) is 5.56 Å². The summed E-state index contributed by atoms with van der Waals surface area (Å²) in [6.45, 7) is 5.29. The maximum Gasteiger partial charge on any atom is 0.0713 e. The Bertz CT molecular complexity index is 290. The number of ether oxygens (including phenoxy) is 1. The third-order valence-electron chi connectivity index (χ3n) is 2.12. The Balaban J connectivity index is 2.67. The van der Waals surface area contributed by atoms with E-state index in [9.17, 15) is 0 Å². The molecule has 0 aliphatic heterocycles. The number of nitrogens with two attached hydrogens (primary N) is 1. The van der Waals surface area contributed by atoms with Gasteiger partial charge in [0.1, 0.15) is 0 Å². The highest BCUT2D eigenvalue weighted by molar-refractivity contribution is 5.63. The summed E-state index contributed by atoms with van der Waals surface area (Å²) in [6.07, 6.45) is 0.851. The molecule has 0 saturated carbocycles. The summed E-state index contributed by atoms with van der Waals surface area (Å²) >= 11 is 0. The molecule has 1 aromatic rings. The van der Waals surface area contributed by atoms with Gasteiger partial charge in [-0.15, -0.1) is 0 Å². The van der Waals surface area contributed by atoms with Crippen molar-refractivity contribution in [3.63, 3.8) is 0 Å². The average molecular weight is 191 g/mol. The zero-order valence-electron chi connectivity index (χ0n) is 8.62. The van der Waals surface area contributed by atoms with E-state index in [-0.39, 0.29) is 0 Å². The Morgan fingerprint density at radius 1 is 1.36 bits per heavy atom. The van der Waals surface area contributed by atoms with Crippen LogP contribution in [0.3, 0.4) is 0 Å².